The zero-order valence-electron chi connectivity index (χ0n) is 25.7. The van der Waals surface area contributed by atoms with E-state index in [1.165, 1.54) is 34.2 Å². The third-order valence-corrected chi connectivity index (χ3v) is 9.42. The third-order valence-electron chi connectivity index (χ3n) is 9.42. The largest absolute Gasteiger partial charge is 0.462 e. The summed E-state index contributed by atoms with van der Waals surface area (Å²) in [5.41, 5.74) is 4.54. The molecule has 3 aliphatic heterocycles. The summed E-state index contributed by atoms with van der Waals surface area (Å²) in [4.78, 5) is 18.8. The number of halogens is 1. The lowest BCUT2D eigenvalue weighted by atomic mass is 9.99. The van der Waals surface area contributed by atoms with Crippen molar-refractivity contribution in [3.8, 4) is 12.1 Å². The van der Waals surface area contributed by atoms with Gasteiger partial charge >= 0.3 is 6.01 Å². The number of hydrogen-bond donors (Lipinski definition) is 1. The van der Waals surface area contributed by atoms with Crippen LogP contribution in [0, 0.1) is 18.3 Å². The number of aliphatic hydroxyl groups is 1. The number of rotatable bonds is 9. The zero-order valence-corrected chi connectivity index (χ0v) is 25.7. The maximum absolute atomic E-state index is 12.8. The SMILES string of the molecule is Cc1cccc2cccc(N3CCc4c(nc(OC[C@@H]5CCCN5C)nc4N4CCN(C(O)/C=C/CF)[C@@H](CC#N)C4)C3)c12. The first kappa shape index (κ1) is 30.3. The van der Waals surface area contributed by atoms with Crippen molar-refractivity contribution in [2.45, 2.75) is 57.5 Å². The Labute approximate surface area is 259 Å². The van der Waals surface area contributed by atoms with E-state index in [2.05, 4.69) is 71.1 Å². The second-order valence-corrected chi connectivity index (χ2v) is 12.2. The van der Waals surface area contributed by atoms with Crippen LogP contribution in [0.25, 0.3) is 10.8 Å². The van der Waals surface area contributed by atoms with Crippen LogP contribution in [0.15, 0.2) is 48.6 Å². The minimum absolute atomic E-state index is 0.228. The summed E-state index contributed by atoms with van der Waals surface area (Å²) in [6.45, 7) is 6.27. The molecule has 9 nitrogen and oxygen atoms in total. The maximum atomic E-state index is 12.8. The van der Waals surface area contributed by atoms with E-state index in [1.54, 1.807) is 0 Å². The van der Waals surface area contributed by atoms with Gasteiger partial charge in [0, 0.05) is 54.9 Å². The molecule has 44 heavy (non-hydrogen) atoms. The number of nitrogens with zero attached hydrogens (tertiary/aromatic N) is 7. The number of aliphatic hydroxyl groups excluding tert-OH is 1. The predicted molar refractivity (Wildman–Crippen MR) is 171 cm³/mol. The quantitative estimate of drug-likeness (QED) is 0.363. The lowest BCUT2D eigenvalue weighted by Gasteiger charge is -2.43. The number of allylic oxidation sites excluding steroid dienone is 1. The second kappa shape index (κ2) is 13.5. The Kier molecular flexibility index (Phi) is 9.26. The van der Waals surface area contributed by atoms with E-state index >= 15 is 0 Å². The molecule has 4 heterocycles. The van der Waals surface area contributed by atoms with Crippen LogP contribution in [0.1, 0.15) is 36.1 Å². The summed E-state index contributed by atoms with van der Waals surface area (Å²) in [6.07, 6.45) is 5.12. The summed E-state index contributed by atoms with van der Waals surface area (Å²) in [5, 5.41) is 22.8. The highest BCUT2D eigenvalue weighted by Crippen LogP contribution is 2.36. The van der Waals surface area contributed by atoms with Gasteiger partial charge in [0.25, 0.3) is 0 Å². The van der Waals surface area contributed by atoms with Crippen molar-refractivity contribution in [1.29, 1.82) is 5.26 Å². The van der Waals surface area contributed by atoms with Gasteiger partial charge in [-0.05, 0) is 62.9 Å². The van der Waals surface area contributed by atoms with Crippen LogP contribution >= 0.6 is 0 Å². The molecule has 2 aromatic carbocycles. The lowest BCUT2D eigenvalue weighted by Crippen LogP contribution is -2.56. The van der Waals surface area contributed by atoms with Gasteiger partial charge in [0.2, 0.25) is 0 Å². The van der Waals surface area contributed by atoms with Gasteiger partial charge in [0.15, 0.2) is 0 Å². The fourth-order valence-corrected chi connectivity index (χ4v) is 7.03. The van der Waals surface area contributed by atoms with E-state index in [0.29, 0.717) is 44.8 Å². The van der Waals surface area contributed by atoms with E-state index in [9.17, 15) is 14.8 Å². The van der Waals surface area contributed by atoms with Crippen molar-refractivity contribution in [1.82, 2.24) is 19.8 Å². The fourth-order valence-electron chi connectivity index (χ4n) is 7.03. The van der Waals surface area contributed by atoms with Crippen LogP contribution in [-0.4, -0.2) is 96.2 Å². The topological polar surface area (TPSA) is 92.0 Å². The molecule has 0 amide bonds. The molecule has 10 heteroatoms. The average molecular weight is 600 g/mol. The highest BCUT2D eigenvalue weighted by atomic mass is 19.1. The number of aryl methyl sites for hydroxylation is 1. The molecule has 1 aromatic heterocycles. The number of aromatic nitrogens is 2. The van der Waals surface area contributed by atoms with Crippen LogP contribution in [0.2, 0.25) is 0 Å². The van der Waals surface area contributed by atoms with Gasteiger partial charge in [-0.1, -0.05) is 36.4 Å². The molecule has 1 unspecified atom stereocenters. The molecule has 0 radical (unpaired) electrons. The molecule has 3 atom stereocenters. The van der Waals surface area contributed by atoms with Crippen LogP contribution in [0.5, 0.6) is 6.01 Å². The fraction of sp³-hybridized carbons (Fsp3) is 0.500. The van der Waals surface area contributed by atoms with Gasteiger partial charge in [-0.3, -0.25) is 4.90 Å². The molecule has 232 valence electrons. The van der Waals surface area contributed by atoms with Gasteiger partial charge in [0.1, 0.15) is 25.3 Å². The number of alkyl halides is 1. The Morgan fingerprint density at radius 1 is 1.11 bits per heavy atom. The van der Waals surface area contributed by atoms with Crippen LogP contribution < -0.4 is 14.5 Å². The number of ether oxygens (including phenoxy) is 1. The molecule has 6 rings (SSSR count). The summed E-state index contributed by atoms with van der Waals surface area (Å²) >= 11 is 0. The molecule has 0 bridgehead atoms. The van der Waals surface area contributed by atoms with Crippen LogP contribution in [0.4, 0.5) is 15.9 Å². The number of likely N-dealkylation sites (tertiary alicyclic amines) is 1. The van der Waals surface area contributed by atoms with Crippen LogP contribution in [0.3, 0.4) is 0 Å². The van der Waals surface area contributed by atoms with Gasteiger partial charge < -0.3 is 24.5 Å². The Morgan fingerprint density at radius 3 is 2.73 bits per heavy atom. The molecular formula is C34H42FN7O2. The highest BCUT2D eigenvalue weighted by Gasteiger charge is 2.34. The number of anilines is 2. The van der Waals surface area contributed by atoms with E-state index < -0.39 is 12.9 Å². The minimum Gasteiger partial charge on any atom is -0.462 e. The smallest absolute Gasteiger partial charge is 0.318 e. The number of benzene rings is 2. The standard InChI is InChI=1S/C34H42FN7O2/c1-24-7-3-8-25-9-4-11-30(32(24)25)40-18-14-28-29(22-40)37-34(44-23-27-10-6-17-39(27)2)38-33(28)41-19-20-42(26(21-41)13-16-36)31(43)12-5-15-35/h3-5,7-9,11-12,26-27,31,43H,6,10,13-15,17-23H2,1-2H3/b12-5+/t26-,27-,31?/m0/s1. The maximum Gasteiger partial charge on any atom is 0.318 e. The summed E-state index contributed by atoms with van der Waals surface area (Å²) < 4.78 is 19.1. The van der Waals surface area contributed by atoms with Crippen molar-refractivity contribution in [2.24, 2.45) is 0 Å². The third kappa shape index (κ3) is 6.23. The van der Waals surface area contributed by atoms with Gasteiger partial charge in [0.05, 0.1) is 24.7 Å². The first-order valence-corrected chi connectivity index (χ1v) is 15.7. The predicted octanol–water partition coefficient (Wildman–Crippen LogP) is 4.22. The summed E-state index contributed by atoms with van der Waals surface area (Å²) in [7, 11) is 2.14. The first-order valence-electron chi connectivity index (χ1n) is 15.7. The summed E-state index contributed by atoms with van der Waals surface area (Å²) in [5.74, 6) is 0.856. The Balaban J connectivity index is 1.32. The molecule has 1 N–H and O–H groups in total. The summed E-state index contributed by atoms with van der Waals surface area (Å²) in [6, 6.07) is 15.7. The molecule has 0 aliphatic carbocycles. The first-order chi connectivity index (χ1) is 21.5. The van der Waals surface area contributed by atoms with Crippen molar-refractivity contribution < 1.29 is 14.2 Å². The van der Waals surface area contributed by atoms with E-state index in [0.717, 1.165) is 49.4 Å². The molecule has 0 saturated carbocycles. The monoisotopic (exact) mass is 599 g/mol. The molecule has 3 aromatic rings. The number of piperazine rings is 1. The number of nitriles is 1. The van der Waals surface area contributed by atoms with Gasteiger partial charge in [-0.2, -0.15) is 15.2 Å². The van der Waals surface area contributed by atoms with Crippen molar-refractivity contribution in [3.05, 3.63) is 65.4 Å². The zero-order chi connectivity index (χ0) is 30.6. The second-order valence-electron chi connectivity index (χ2n) is 12.2. The van der Waals surface area contributed by atoms with Crippen molar-refractivity contribution in [2.75, 3.05) is 62.9 Å². The highest BCUT2D eigenvalue weighted by molar-refractivity contribution is 5.97. The van der Waals surface area contributed by atoms with Gasteiger partial charge in [-0.15, -0.1) is 0 Å². The number of fused-ring (bicyclic) bond motifs is 2. The van der Waals surface area contributed by atoms with Crippen LogP contribution in [-0.2, 0) is 13.0 Å². The Bertz CT molecular complexity index is 1540. The molecular weight excluding hydrogens is 557 g/mol. The van der Waals surface area contributed by atoms with E-state index in [4.69, 9.17) is 14.7 Å². The molecule has 2 fully saturated rings. The van der Waals surface area contributed by atoms with Crippen molar-refractivity contribution in [3.63, 3.8) is 0 Å². The molecule has 3 aliphatic rings. The molecule has 0 spiro atoms. The van der Waals surface area contributed by atoms with Crippen molar-refractivity contribution >= 4 is 22.3 Å². The molecule has 2 saturated heterocycles. The lowest BCUT2D eigenvalue weighted by molar-refractivity contribution is 0.00386. The number of likely N-dealkylation sites (N-methyl/N-ethyl adjacent to an activating group) is 1. The van der Waals surface area contributed by atoms with E-state index in [1.807, 2.05) is 4.90 Å². The minimum atomic E-state index is -0.939. The van der Waals surface area contributed by atoms with E-state index in [-0.39, 0.29) is 12.5 Å². The average Bonchev–Trinajstić information content (AvgIpc) is 3.46. The van der Waals surface area contributed by atoms with Gasteiger partial charge in [-0.25, -0.2) is 4.39 Å². The number of hydrogen-bond acceptors (Lipinski definition) is 9. The Hall–Kier alpha value is -3.78. The Morgan fingerprint density at radius 2 is 1.95 bits per heavy atom. The normalized spacial score (nSPS) is 22.0.